The van der Waals surface area contributed by atoms with Crippen LogP contribution in [0.15, 0.2) is 18.2 Å². The van der Waals surface area contributed by atoms with Crippen molar-refractivity contribution in [2.45, 2.75) is 45.1 Å². The van der Waals surface area contributed by atoms with Crippen LogP contribution in [0.1, 0.15) is 44.2 Å². The molecular weight excluding hydrogens is 222 g/mol. The number of benzene rings is 1. The molecule has 0 aromatic heterocycles. The summed E-state index contributed by atoms with van der Waals surface area (Å²) < 4.78 is 0. The van der Waals surface area contributed by atoms with Gasteiger partial charge >= 0.3 is 0 Å². The molecular formula is C16H23NO. The lowest BCUT2D eigenvalue weighted by molar-refractivity contribution is 0.0778. The van der Waals surface area contributed by atoms with Gasteiger partial charge in [0, 0.05) is 18.8 Å². The molecule has 2 aliphatic rings. The van der Waals surface area contributed by atoms with Gasteiger partial charge in [-0.3, -0.25) is 0 Å². The van der Waals surface area contributed by atoms with Crippen LogP contribution in [0.5, 0.6) is 0 Å². The van der Waals surface area contributed by atoms with E-state index < -0.39 is 5.60 Å². The number of aliphatic hydroxyl groups is 1. The molecule has 0 bridgehead atoms. The molecule has 1 saturated carbocycles. The largest absolute Gasteiger partial charge is 0.386 e. The molecule has 2 nitrogen and oxygen atoms in total. The van der Waals surface area contributed by atoms with Gasteiger partial charge in [-0.2, -0.15) is 0 Å². The van der Waals surface area contributed by atoms with Crippen molar-refractivity contribution in [3.63, 3.8) is 0 Å². The fourth-order valence-corrected chi connectivity index (χ4v) is 3.25. The number of hydrogen-bond donors (Lipinski definition) is 1. The van der Waals surface area contributed by atoms with E-state index in [1.165, 1.54) is 37.1 Å². The van der Waals surface area contributed by atoms with Gasteiger partial charge in [0.05, 0.1) is 5.60 Å². The Labute approximate surface area is 110 Å². The van der Waals surface area contributed by atoms with E-state index >= 15 is 0 Å². The minimum atomic E-state index is -0.724. The van der Waals surface area contributed by atoms with Crippen molar-refractivity contribution in [3.8, 4) is 0 Å². The lowest BCUT2D eigenvalue weighted by atomic mass is 9.85. The molecule has 3 rings (SSSR count). The maximum absolute atomic E-state index is 10.3. The SMILES string of the molecule is CC(C)(O)c1cccc2c1CCN2CC1CCC1. The maximum atomic E-state index is 10.3. The topological polar surface area (TPSA) is 23.5 Å². The van der Waals surface area contributed by atoms with E-state index in [1.54, 1.807) is 0 Å². The average molecular weight is 245 g/mol. The third kappa shape index (κ3) is 2.03. The van der Waals surface area contributed by atoms with Crippen LogP contribution < -0.4 is 4.90 Å². The monoisotopic (exact) mass is 245 g/mol. The van der Waals surface area contributed by atoms with Gasteiger partial charge in [0.15, 0.2) is 0 Å². The van der Waals surface area contributed by atoms with Gasteiger partial charge < -0.3 is 10.0 Å². The Morgan fingerprint density at radius 2 is 2.11 bits per heavy atom. The van der Waals surface area contributed by atoms with Crippen LogP contribution in [0.25, 0.3) is 0 Å². The number of nitrogens with zero attached hydrogens (tertiary/aromatic N) is 1. The van der Waals surface area contributed by atoms with E-state index in [-0.39, 0.29) is 0 Å². The Morgan fingerprint density at radius 3 is 2.72 bits per heavy atom. The fourth-order valence-electron chi connectivity index (χ4n) is 3.25. The highest BCUT2D eigenvalue weighted by Crippen LogP contribution is 2.37. The standard InChI is InChI=1S/C16H23NO/c1-16(2,18)14-7-4-8-15-13(14)9-10-17(15)11-12-5-3-6-12/h4,7-8,12,18H,3,5-6,9-11H2,1-2H3. The Morgan fingerprint density at radius 1 is 1.33 bits per heavy atom. The molecule has 1 heterocycles. The first-order valence-corrected chi connectivity index (χ1v) is 7.15. The smallest absolute Gasteiger partial charge is 0.0843 e. The molecule has 0 spiro atoms. The number of hydrogen-bond acceptors (Lipinski definition) is 2. The molecule has 1 aromatic carbocycles. The van der Waals surface area contributed by atoms with E-state index in [0.29, 0.717) is 0 Å². The van der Waals surface area contributed by atoms with Gasteiger partial charge in [-0.25, -0.2) is 0 Å². The maximum Gasteiger partial charge on any atom is 0.0843 e. The van der Waals surface area contributed by atoms with Gasteiger partial charge in [-0.1, -0.05) is 18.6 Å². The predicted octanol–water partition coefficient (Wildman–Crippen LogP) is 3.08. The van der Waals surface area contributed by atoms with Gasteiger partial charge in [0.25, 0.3) is 0 Å². The van der Waals surface area contributed by atoms with Crippen LogP contribution in [0.4, 0.5) is 5.69 Å². The molecule has 0 saturated heterocycles. The molecule has 1 N–H and O–H groups in total. The minimum absolute atomic E-state index is 0.724. The second-order valence-corrected chi connectivity index (χ2v) is 6.36. The first-order chi connectivity index (χ1) is 8.55. The zero-order valence-electron chi connectivity index (χ0n) is 11.4. The van der Waals surface area contributed by atoms with Crippen LogP contribution in [-0.2, 0) is 12.0 Å². The molecule has 0 atom stereocenters. The van der Waals surface area contributed by atoms with Crippen molar-refractivity contribution in [2.75, 3.05) is 18.0 Å². The summed E-state index contributed by atoms with van der Waals surface area (Å²) in [5.74, 6) is 0.904. The molecule has 0 unspecified atom stereocenters. The summed E-state index contributed by atoms with van der Waals surface area (Å²) in [6.45, 7) is 6.11. The van der Waals surface area contributed by atoms with Crippen molar-refractivity contribution in [2.24, 2.45) is 5.92 Å². The van der Waals surface area contributed by atoms with Crippen LogP contribution >= 0.6 is 0 Å². The second kappa shape index (κ2) is 4.27. The third-order valence-electron chi connectivity index (χ3n) is 4.49. The van der Waals surface area contributed by atoms with E-state index in [9.17, 15) is 5.11 Å². The molecule has 1 aliphatic heterocycles. The highest BCUT2D eigenvalue weighted by molar-refractivity contribution is 5.61. The van der Waals surface area contributed by atoms with E-state index in [4.69, 9.17) is 0 Å². The number of anilines is 1. The van der Waals surface area contributed by atoms with Crippen molar-refractivity contribution in [3.05, 3.63) is 29.3 Å². The van der Waals surface area contributed by atoms with Crippen LogP contribution in [-0.4, -0.2) is 18.2 Å². The summed E-state index contributed by atoms with van der Waals surface area (Å²) in [7, 11) is 0. The predicted molar refractivity (Wildman–Crippen MR) is 74.9 cm³/mol. The summed E-state index contributed by atoms with van der Waals surface area (Å²) in [6.07, 6.45) is 5.30. The van der Waals surface area contributed by atoms with E-state index in [2.05, 4.69) is 23.1 Å². The molecule has 1 aliphatic carbocycles. The van der Waals surface area contributed by atoms with Crippen molar-refractivity contribution >= 4 is 5.69 Å². The van der Waals surface area contributed by atoms with Crippen molar-refractivity contribution < 1.29 is 5.11 Å². The van der Waals surface area contributed by atoms with Crippen LogP contribution in [0.2, 0.25) is 0 Å². The fraction of sp³-hybridized carbons (Fsp3) is 0.625. The normalized spacial score (nSPS) is 19.8. The zero-order chi connectivity index (χ0) is 12.8. The Balaban J connectivity index is 1.87. The molecule has 98 valence electrons. The van der Waals surface area contributed by atoms with Gasteiger partial charge in [-0.05, 0) is 56.2 Å². The Hall–Kier alpha value is -1.02. The summed E-state index contributed by atoms with van der Waals surface area (Å²) in [5, 5.41) is 10.3. The molecule has 18 heavy (non-hydrogen) atoms. The summed E-state index contributed by atoms with van der Waals surface area (Å²) in [5.41, 5.74) is 3.11. The lowest BCUT2D eigenvalue weighted by Crippen LogP contribution is -2.31. The Kier molecular flexibility index (Phi) is 2.86. The molecule has 0 radical (unpaired) electrons. The summed E-state index contributed by atoms with van der Waals surface area (Å²) in [4.78, 5) is 2.52. The average Bonchev–Trinajstić information content (AvgIpc) is 2.65. The van der Waals surface area contributed by atoms with Crippen molar-refractivity contribution in [1.29, 1.82) is 0 Å². The molecule has 1 fully saturated rings. The van der Waals surface area contributed by atoms with Gasteiger partial charge in [0.1, 0.15) is 0 Å². The second-order valence-electron chi connectivity index (χ2n) is 6.36. The highest BCUT2D eigenvalue weighted by Gasteiger charge is 2.29. The first kappa shape index (κ1) is 12.0. The molecule has 2 heteroatoms. The van der Waals surface area contributed by atoms with Crippen LogP contribution in [0, 0.1) is 5.92 Å². The van der Waals surface area contributed by atoms with E-state index in [0.717, 1.165) is 24.4 Å². The zero-order valence-corrected chi connectivity index (χ0v) is 11.4. The van der Waals surface area contributed by atoms with Gasteiger partial charge in [-0.15, -0.1) is 0 Å². The third-order valence-corrected chi connectivity index (χ3v) is 4.49. The quantitative estimate of drug-likeness (QED) is 0.884. The van der Waals surface area contributed by atoms with E-state index in [1.807, 2.05) is 13.8 Å². The summed E-state index contributed by atoms with van der Waals surface area (Å²) in [6, 6.07) is 6.38. The van der Waals surface area contributed by atoms with Crippen LogP contribution in [0.3, 0.4) is 0 Å². The Bertz CT molecular complexity index is 443. The minimum Gasteiger partial charge on any atom is -0.386 e. The van der Waals surface area contributed by atoms with Gasteiger partial charge in [0.2, 0.25) is 0 Å². The first-order valence-electron chi connectivity index (χ1n) is 7.15. The molecule has 0 amide bonds. The van der Waals surface area contributed by atoms with Crippen molar-refractivity contribution in [1.82, 2.24) is 0 Å². The number of fused-ring (bicyclic) bond motifs is 1. The number of rotatable bonds is 3. The summed E-state index contributed by atoms with van der Waals surface area (Å²) >= 11 is 0. The molecule has 1 aromatic rings. The lowest BCUT2D eigenvalue weighted by Gasteiger charge is -2.31. The highest BCUT2D eigenvalue weighted by atomic mass is 16.3.